The predicted molar refractivity (Wildman–Crippen MR) is 112 cm³/mol. The van der Waals surface area contributed by atoms with Crippen molar-refractivity contribution in [2.45, 2.75) is 30.3 Å². The van der Waals surface area contributed by atoms with Crippen molar-refractivity contribution < 1.29 is 17.6 Å². The van der Waals surface area contributed by atoms with E-state index in [4.69, 9.17) is 0 Å². The van der Waals surface area contributed by atoms with E-state index in [0.29, 0.717) is 32.7 Å². The Morgan fingerprint density at radius 1 is 1.00 bits per heavy atom. The minimum atomic E-state index is -3.64. The van der Waals surface area contributed by atoms with Gasteiger partial charge in [-0.1, -0.05) is 30.3 Å². The van der Waals surface area contributed by atoms with Crippen molar-refractivity contribution in [1.82, 2.24) is 14.1 Å². The summed E-state index contributed by atoms with van der Waals surface area (Å²) in [7, 11) is -3.64. The van der Waals surface area contributed by atoms with Crippen molar-refractivity contribution in [2.75, 3.05) is 32.7 Å². The molecule has 0 spiro atoms. The van der Waals surface area contributed by atoms with Gasteiger partial charge < -0.3 is 4.90 Å². The van der Waals surface area contributed by atoms with Gasteiger partial charge in [-0.05, 0) is 38.1 Å². The molecule has 8 heteroatoms. The molecule has 2 heterocycles. The highest BCUT2D eigenvalue weighted by Gasteiger charge is 2.46. The zero-order valence-corrected chi connectivity index (χ0v) is 18.0. The van der Waals surface area contributed by atoms with E-state index in [0.717, 1.165) is 0 Å². The molecule has 0 N–H and O–H groups in total. The normalized spacial score (nSPS) is 22.5. The third-order valence-corrected chi connectivity index (χ3v) is 7.84. The van der Waals surface area contributed by atoms with Crippen LogP contribution in [0.1, 0.15) is 24.2 Å². The van der Waals surface area contributed by atoms with Gasteiger partial charge in [-0.3, -0.25) is 9.69 Å². The van der Waals surface area contributed by atoms with Crippen LogP contribution in [0.5, 0.6) is 0 Å². The van der Waals surface area contributed by atoms with E-state index in [-0.39, 0.29) is 27.9 Å². The van der Waals surface area contributed by atoms with Crippen molar-refractivity contribution in [3.05, 3.63) is 66.0 Å². The summed E-state index contributed by atoms with van der Waals surface area (Å²) in [5, 5.41) is 0. The molecule has 1 unspecified atom stereocenters. The van der Waals surface area contributed by atoms with Crippen molar-refractivity contribution >= 4 is 15.9 Å². The fraction of sp³-hybridized carbons (Fsp3) is 0.409. The minimum Gasteiger partial charge on any atom is -0.336 e. The van der Waals surface area contributed by atoms with Crippen LogP contribution in [0, 0.1) is 5.82 Å². The Kier molecular flexibility index (Phi) is 5.42. The number of carbonyl (C=O) groups excluding carboxylic acids is 1. The van der Waals surface area contributed by atoms with E-state index in [1.807, 2.05) is 13.8 Å². The number of hydrogen-bond donors (Lipinski definition) is 0. The fourth-order valence-corrected chi connectivity index (χ4v) is 6.20. The lowest BCUT2D eigenvalue weighted by Crippen LogP contribution is -2.70. The number of hydrogen-bond acceptors (Lipinski definition) is 4. The third kappa shape index (κ3) is 3.75. The number of sulfonamides is 1. The average molecular weight is 432 g/mol. The molecule has 0 aliphatic carbocycles. The lowest BCUT2D eigenvalue weighted by molar-refractivity contribution is -0.0375. The van der Waals surface area contributed by atoms with E-state index in [9.17, 15) is 17.6 Å². The van der Waals surface area contributed by atoms with Crippen LogP contribution in [0.2, 0.25) is 0 Å². The molecule has 4 rings (SSSR count). The number of amides is 1. The number of halogens is 1. The van der Waals surface area contributed by atoms with Crippen LogP contribution in [0.3, 0.4) is 0 Å². The SMILES string of the molecule is CC1(C)CN(S(=O)(=O)c2ccccc2)CC2CN(C(=O)c3ccccc3F)CCN21. The predicted octanol–water partition coefficient (Wildman–Crippen LogP) is 2.44. The van der Waals surface area contributed by atoms with Crippen LogP contribution < -0.4 is 0 Å². The maximum Gasteiger partial charge on any atom is 0.256 e. The monoisotopic (exact) mass is 431 g/mol. The summed E-state index contributed by atoms with van der Waals surface area (Å²) in [5.74, 6) is -0.893. The van der Waals surface area contributed by atoms with Gasteiger partial charge in [0.2, 0.25) is 10.0 Å². The standard InChI is InChI=1S/C22H26FN3O3S/c1-22(2)16-25(30(28,29)18-8-4-3-5-9-18)15-17-14-24(12-13-26(17)22)21(27)19-10-6-7-11-20(19)23/h3-11,17H,12-16H2,1-2H3. The van der Waals surface area contributed by atoms with Gasteiger partial charge in [0.1, 0.15) is 5.82 Å². The summed E-state index contributed by atoms with van der Waals surface area (Å²) in [4.78, 5) is 17.1. The number of benzene rings is 2. The van der Waals surface area contributed by atoms with Gasteiger partial charge in [-0.15, -0.1) is 0 Å². The Bertz CT molecular complexity index is 1040. The molecule has 0 bridgehead atoms. The summed E-state index contributed by atoms with van der Waals surface area (Å²) in [6, 6.07) is 14.2. The summed E-state index contributed by atoms with van der Waals surface area (Å²) in [6.45, 7) is 6.19. The van der Waals surface area contributed by atoms with Gasteiger partial charge in [0, 0.05) is 44.3 Å². The second-order valence-electron chi connectivity index (χ2n) is 8.50. The van der Waals surface area contributed by atoms with Crippen LogP contribution in [0.15, 0.2) is 59.5 Å². The first-order valence-corrected chi connectivity index (χ1v) is 11.5. The van der Waals surface area contributed by atoms with Crippen molar-refractivity contribution in [2.24, 2.45) is 0 Å². The van der Waals surface area contributed by atoms with Crippen LogP contribution in [-0.2, 0) is 10.0 Å². The molecule has 30 heavy (non-hydrogen) atoms. The molecule has 2 aliphatic rings. The molecule has 0 aromatic heterocycles. The maximum absolute atomic E-state index is 14.1. The smallest absolute Gasteiger partial charge is 0.256 e. The summed E-state index contributed by atoms with van der Waals surface area (Å²) >= 11 is 0. The topological polar surface area (TPSA) is 60.9 Å². The molecule has 1 amide bonds. The van der Waals surface area contributed by atoms with Gasteiger partial charge >= 0.3 is 0 Å². The molecule has 6 nitrogen and oxygen atoms in total. The number of fused-ring (bicyclic) bond motifs is 1. The number of rotatable bonds is 3. The first-order valence-electron chi connectivity index (χ1n) is 10.1. The molecule has 0 radical (unpaired) electrons. The highest BCUT2D eigenvalue weighted by atomic mass is 32.2. The zero-order chi connectivity index (χ0) is 21.5. The lowest BCUT2D eigenvalue weighted by Gasteiger charge is -2.55. The zero-order valence-electron chi connectivity index (χ0n) is 17.2. The molecule has 2 saturated heterocycles. The fourth-order valence-electron chi connectivity index (χ4n) is 4.54. The Hall–Kier alpha value is -2.29. The Labute approximate surface area is 176 Å². The van der Waals surface area contributed by atoms with Gasteiger partial charge in [0.15, 0.2) is 0 Å². The van der Waals surface area contributed by atoms with Gasteiger partial charge in [-0.2, -0.15) is 4.31 Å². The molecule has 2 fully saturated rings. The van der Waals surface area contributed by atoms with Gasteiger partial charge in [0.25, 0.3) is 5.91 Å². The van der Waals surface area contributed by atoms with E-state index >= 15 is 0 Å². The van der Waals surface area contributed by atoms with Crippen molar-refractivity contribution in [1.29, 1.82) is 0 Å². The molecule has 2 aromatic rings. The van der Waals surface area contributed by atoms with Crippen LogP contribution in [-0.4, -0.2) is 72.7 Å². The maximum atomic E-state index is 14.1. The van der Waals surface area contributed by atoms with Crippen molar-refractivity contribution in [3.63, 3.8) is 0 Å². The summed E-state index contributed by atoms with van der Waals surface area (Å²) in [5.41, 5.74) is -0.326. The molecule has 160 valence electrons. The molecule has 2 aromatic carbocycles. The summed E-state index contributed by atoms with van der Waals surface area (Å²) < 4.78 is 42.0. The number of nitrogens with zero attached hydrogens (tertiary/aromatic N) is 3. The molecule has 1 atom stereocenters. The second-order valence-corrected chi connectivity index (χ2v) is 10.4. The first-order chi connectivity index (χ1) is 14.2. The van der Waals surface area contributed by atoms with Crippen LogP contribution in [0.4, 0.5) is 4.39 Å². The second kappa shape index (κ2) is 7.76. The minimum absolute atomic E-state index is 0.0507. The van der Waals surface area contributed by atoms with Crippen LogP contribution >= 0.6 is 0 Å². The Morgan fingerprint density at radius 3 is 2.37 bits per heavy atom. The van der Waals surface area contributed by atoms with E-state index in [1.165, 1.54) is 16.4 Å². The number of piperazine rings is 2. The average Bonchev–Trinajstić information content (AvgIpc) is 2.73. The van der Waals surface area contributed by atoms with Gasteiger partial charge in [0.05, 0.1) is 10.5 Å². The quantitative estimate of drug-likeness (QED) is 0.749. The highest BCUT2D eigenvalue weighted by molar-refractivity contribution is 7.89. The lowest BCUT2D eigenvalue weighted by atomic mass is 9.94. The molecular weight excluding hydrogens is 405 g/mol. The van der Waals surface area contributed by atoms with Crippen LogP contribution in [0.25, 0.3) is 0 Å². The van der Waals surface area contributed by atoms with E-state index in [1.54, 1.807) is 47.4 Å². The molecule has 0 saturated carbocycles. The van der Waals surface area contributed by atoms with E-state index < -0.39 is 15.8 Å². The largest absolute Gasteiger partial charge is 0.336 e. The third-order valence-electron chi connectivity index (χ3n) is 6.01. The summed E-state index contributed by atoms with van der Waals surface area (Å²) in [6.07, 6.45) is 0. The molecular formula is C22H26FN3O3S. The van der Waals surface area contributed by atoms with E-state index in [2.05, 4.69) is 4.90 Å². The highest BCUT2D eigenvalue weighted by Crippen LogP contribution is 2.31. The van der Waals surface area contributed by atoms with Crippen molar-refractivity contribution in [3.8, 4) is 0 Å². The Morgan fingerprint density at radius 2 is 1.67 bits per heavy atom. The van der Waals surface area contributed by atoms with Gasteiger partial charge in [-0.25, -0.2) is 12.8 Å². The first kappa shape index (κ1) is 21.0. The molecule has 2 aliphatic heterocycles. The number of carbonyl (C=O) groups is 1. The Balaban J connectivity index is 1.58.